The molecule has 2 N–H and O–H groups in total. The zero-order valence-corrected chi connectivity index (χ0v) is 11.4. The third kappa shape index (κ3) is 2.70. The van der Waals surface area contributed by atoms with E-state index in [1.165, 1.54) is 5.56 Å². The van der Waals surface area contributed by atoms with Crippen LogP contribution in [0.1, 0.15) is 42.2 Å². The van der Waals surface area contributed by atoms with Crippen LogP contribution in [0.25, 0.3) is 0 Å². The van der Waals surface area contributed by atoms with Crippen molar-refractivity contribution in [3.63, 3.8) is 0 Å². The topological polar surface area (TPSA) is 40.5 Å². The van der Waals surface area contributed by atoms with Crippen molar-refractivity contribution in [3.8, 4) is 5.75 Å². The summed E-state index contributed by atoms with van der Waals surface area (Å²) in [6.07, 6.45) is 2.57. The van der Waals surface area contributed by atoms with Gasteiger partial charge in [0.2, 0.25) is 0 Å². The van der Waals surface area contributed by atoms with E-state index in [0.717, 1.165) is 24.8 Å². The van der Waals surface area contributed by atoms with Crippen molar-refractivity contribution < 1.29 is 10.2 Å². The Labute approximate surface area is 119 Å². The van der Waals surface area contributed by atoms with Crippen LogP contribution in [-0.2, 0) is 0 Å². The highest BCUT2D eigenvalue weighted by Gasteiger charge is 2.30. The van der Waals surface area contributed by atoms with Gasteiger partial charge in [-0.3, -0.25) is 0 Å². The minimum atomic E-state index is -0.278. The van der Waals surface area contributed by atoms with Gasteiger partial charge in [-0.2, -0.15) is 0 Å². The van der Waals surface area contributed by atoms with Crippen molar-refractivity contribution in [2.45, 2.75) is 37.2 Å². The van der Waals surface area contributed by atoms with E-state index in [9.17, 15) is 10.2 Å². The second kappa shape index (κ2) is 5.68. The Morgan fingerprint density at radius 2 is 1.50 bits per heavy atom. The predicted octanol–water partition coefficient (Wildman–Crippen LogP) is 3.80. The molecule has 1 aliphatic carbocycles. The quantitative estimate of drug-likeness (QED) is 0.869. The fraction of sp³-hybridized carbons (Fsp3) is 0.333. The van der Waals surface area contributed by atoms with Crippen LogP contribution >= 0.6 is 0 Å². The first-order valence-corrected chi connectivity index (χ1v) is 7.26. The van der Waals surface area contributed by atoms with Crippen LogP contribution in [0, 0.1) is 0 Å². The highest BCUT2D eigenvalue weighted by atomic mass is 16.3. The lowest BCUT2D eigenvalue weighted by atomic mass is 9.74. The van der Waals surface area contributed by atoms with Crippen molar-refractivity contribution in [1.82, 2.24) is 0 Å². The Morgan fingerprint density at radius 3 is 2.20 bits per heavy atom. The van der Waals surface area contributed by atoms with Gasteiger partial charge in [0.05, 0.1) is 6.10 Å². The molecular weight excluding hydrogens is 248 g/mol. The fourth-order valence-corrected chi connectivity index (χ4v) is 3.26. The van der Waals surface area contributed by atoms with Gasteiger partial charge in [-0.1, -0.05) is 42.5 Å². The number of aliphatic hydroxyl groups is 1. The van der Waals surface area contributed by atoms with Crippen LogP contribution in [-0.4, -0.2) is 16.3 Å². The van der Waals surface area contributed by atoms with Gasteiger partial charge in [0, 0.05) is 5.92 Å². The number of aromatic hydroxyl groups is 1. The third-order valence-corrected chi connectivity index (χ3v) is 4.41. The summed E-state index contributed by atoms with van der Waals surface area (Å²) in [6.45, 7) is 0. The number of benzene rings is 2. The molecule has 0 radical (unpaired) electrons. The average Bonchev–Trinajstić information content (AvgIpc) is 2.50. The predicted molar refractivity (Wildman–Crippen MR) is 79.9 cm³/mol. The normalized spacial score (nSPS) is 26.4. The number of hydrogen-bond acceptors (Lipinski definition) is 2. The molecule has 1 saturated carbocycles. The summed E-state index contributed by atoms with van der Waals surface area (Å²) in [4.78, 5) is 0. The average molecular weight is 268 g/mol. The first-order chi connectivity index (χ1) is 9.74. The second-order valence-corrected chi connectivity index (χ2v) is 5.69. The Balaban J connectivity index is 1.82. The van der Waals surface area contributed by atoms with Gasteiger partial charge in [0.25, 0.3) is 0 Å². The number of rotatable bonds is 2. The summed E-state index contributed by atoms with van der Waals surface area (Å²) in [5.41, 5.74) is 2.49. The molecule has 20 heavy (non-hydrogen) atoms. The zero-order chi connectivity index (χ0) is 13.9. The van der Waals surface area contributed by atoms with Crippen LogP contribution in [0.3, 0.4) is 0 Å². The third-order valence-electron chi connectivity index (χ3n) is 4.41. The highest BCUT2D eigenvalue weighted by molar-refractivity contribution is 5.31. The molecule has 3 unspecified atom stereocenters. The molecule has 1 fully saturated rings. The molecule has 0 saturated heterocycles. The van der Waals surface area contributed by atoms with Crippen molar-refractivity contribution in [2.24, 2.45) is 0 Å². The molecule has 104 valence electrons. The molecule has 3 atom stereocenters. The maximum atomic E-state index is 10.3. The standard InChI is InChI=1S/C18H20O2/c19-16-9-6-14(7-10-16)17-12-15(8-11-18(17)20)13-4-2-1-3-5-13/h1-7,9-10,15,17-20H,8,11-12H2. The largest absolute Gasteiger partial charge is 0.508 e. The maximum Gasteiger partial charge on any atom is 0.115 e. The summed E-state index contributed by atoms with van der Waals surface area (Å²) >= 11 is 0. The van der Waals surface area contributed by atoms with Crippen molar-refractivity contribution >= 4 is 0 Å². The Hall–Kier alpha value is -1.80. The number of phenols is 1. The van der Waals surface area contributed by atoms with Gasteiger partial charge in [-0.25, -0.2) is 0 Å². The van der Waals surface area contributed by atoms with E-state index in [1.54, 1.807) is 12.1 Å². The summed E-state index contributed by atoms with van der Waals surface area (Å²) in [5.74, 6) is 0.951. The van der Waals surface area contributed by atoms with E-state index in [-0.39, 0.29) is 17.8 Å². The maximum absolute atomic E-state index is 10.3. The van der Waals surface area contributed by atoms with Crippen LogP contribution in [0.4, 0.5) is 0 Å². The Kier molecular flexibility index (Phi) is 3.75. The molecule has 2 nitrogen and oxygen atoms in total. The number of aliphatic hydroxyl groups excluding tert-OH is 1. The molecule has 0 aliphatic heterocycles. The van der Waals surface area contributed by atoms with Gasteiger partial charge in [0.1, 0.15) is 5.75 Å². The van der Waals surface area contributed by atoms with Crippen LogP contribution in [0.5, 0.6) is 5.75 Å². The lowest BCUT2D eigenvalue weighted by molar-refractivity contribution is 0.0981. The van der Waals surface area contributed by atoms with Crippen molar-refractivity contribution in [3.05, 3.63) is 65.7 Å². The van der Waals surface area contributed by atoms with E-state index >= 15 is 0 Å². The minimum Gasteiger partial charge on any atom is -0.508 e. The fourth-order valence-electron chi connectivity index (χ4n) is 3.26. The smallest absolute Gasteiger partial charge is 0.115 e. The molecule has 3 rings (SSSR count). The SMILES string of the molecule is Oc1ccc(C2CC(c3ccccc3)CCC2O)cc1. The van der Waals surface area contributed by atoms with Gasteiger partial charge in [0.15, 0.2) is 0 Å². The summed E-state index contributed by atoms with van der Waals surface area (Å²) < 4.78 is 0. The number of phenolic OH excluding ortho intramolecular Hbond substituents is 1. The van der Waals surface area contributed by atoms with Crippen LogP contribution in [0.2, 0.25) is 0 Å². The molecule has 2 aromatic rings. The van der Waals surface area contributed by atoms with E-state index in [4.69, 9.17) is 0 Å². The highest BCUT2D eigenvalue weighted by Crippen LogP contribution is 2.41. The zero-order valence-electron chi connectivity index (χ0n) is 11.4. The second-order valence-electron chi connectivity index (χ2n) is 5.69. The molecule has 2 heteroatoms. The number of hydrogen-bond donors (Lipinski definition) is 2. The van der Waals surface area contributed by atoms with E-state index in [1.807, 2.05) is 18.2 Å². The molecule has 2 aromatic carbocycles. The molecule has 0 heterocycles. The molecular formula is C18H20O2. The molecule has 0 spiro atoms. The Morgan fingerprint density at radius 1 is 0.800 bits per heavy atom. The lowest BCUT2D eigenvalue weighted by Crippen LogP contribution is -2.26. The van der Waals surface area contributed by atoms with Crippen molar-refractivity contribution in [1.29, 1.82) is 0 Å². The van der Waals surface area contributed by atoms with E-state index in [0.29, 0.717) is 5.92 Å². The minimum absolute atomic E-state index is 0.162. The summed E-state index contributed by atoms with van der Waals surface area (Å²) in [5, 5.41) is 19.7. The monoisotopic (exact) mass is 268 g/mol. The first-order valence-electron chi connectivity index (χ1n) is 7.26. The van der Waals surface area contributed by atoms with Gasteiger partial charge in [-0.15, -0.1) is 0 Å². The van der Waals surface area contributed by atoms with Gasteiger partial charge >= 0.3 is 0 Å². The van der Waals surface area contributed by atoms with Gasteiger partial charge < -0.3 is 10.2 Å². The molecule has 0 aromatic heterocycles. The van der Waals surface area contributed by atoms with Crippen LogP contribution < -0.4 is 0 Å². The van der Waals surface area contributed by atoms with E-state index < -0.39 is 0 Å². The molecule has 0 amide bonds. The van der Waals surface area contributed by atoms with Gasteiger partial charge in [-0.05, 0) is 48.4 Å². The first kappa shape index (κ1) is 13.2. The lowest BCUT2D eigenvalue weighted by Gasteiger charge is -2.34. The van der Waals surface area contributed by atoms with Crippen molar-refractivity contribution in [2.75, 3.05) is 0 Å². The molecule has 0 bridgehead atoms. The summed E-state index contributed by atoms with van der Waals surface area (Å²) in [7, 11) is 0. The van der Waals surface area contributed by atoms with Crippen LogP contribution in [0.15, 0.2) is 54.6 Å². The van der Waals surface area contributed by atoms with E-state index in [2.05, 4.69) is 24.3 Å². The summed E-state index contributed by atoms with van der Waals surface area (Å²) in [6, 6.07) is 17.8. The Bertz CT molecular complexity index is 547. The molecule has 1 aliphatic rings.